The lowest BCUT2D eigenvalue weighted by molar-refractivity contribution is -0.104. The summed E-state index contributed by atoms with van der Waals surface area (Å²) in [5, 5.41) is 46.9. The van der Waals surface area contributed by atoms with Crippen LogP contribution in [0.4, 0.5) is 5.82 Å². The second-order valence-corrected chi connectivity index (χ2v) is 12.4. The number of fused-ring (bicyclic) bond motifs is 1. The van der Waals surface area contributed by atoms with Crippen molar-refractivity contribution in [1.82, 2.24) is 19.7 Å². The molecule has 210 valence electrons. The summed E-state index contributed by atoms with van der Waals surface area (Å²) in [5.74, 6) is 6.03. The molecular formula is C23H34N5O9P. The van der Waals surface area contributed by atoms with Gasteiger partial charge in [0.1, 0.15) is 29.7 Å². The van der Waals surface area contributed by atoms with E-state index >= 15 is 0 Å². The van der Waals surface area contributed by atoms with E-state index in [2.05, 4.69) is 32.2 Å². The fourth-order valence-electron chi connectivity index (χ4n) is 4.30. The highest BCUT2D eigenvalue weighted by Crippen LogP contribution is 2.51. The van der Waals surface area contributed by atoms with Gasteiger partial charge >= 0.3 is 7.60 Å². The Hall–Kier alpha value is -2.18. The Morgan fingerprint density at radius 3 is 2.50 bits per heavy atom. The molecule has 0 bridgehead atoms. The Morgan fingerprint density at radius 1 is 1.21 bits per heavy atom. The first-order valence-electron chi connectivity index (χ1n) is 12.3. The van der Waals surface area contributed by atoms with Gasteiger partial charge < -0.3 is 45.0 Å². The molecule has 1 unspecified atom stereocenters. The van der Waals surface area contributed by atoms with Crippen molar-refractivity contribution in [2.75, 3.05) is 18.5 Å². The second kappa shape index (κ2) is 10.8. The van der Waals surface area contributed by atoms with Crippen molar-refractivity contribution < 1.29 is 44.3 Å². The van der Waals surface area contributed by atoms with E-state index in [1.54, 1.807) is 0 Å². The van der Waals surface area contributed by atoms with E-state index in [1.807, 2.05) is 0 Å². The molecule has 0 aromatic carbocycles. The zero-order valence-corrected chi connectivity index (χ0v) is 22.2. The van der Waals surface area contributed by atoms with E-state index in [9.17, 15) is 34.8 Å². The Bertz CT molecular complexity index is 1260. The van der Waals surface area contributed by atoms with Crippen LogP contribution < -0.4 is 5.32 Å². The van der Waals surface area contributed by atoms with Crippen LogP contribution in [0.5, 0.6) is 0 Å². The Balaban J connectivity index is 1.65. The minimum atomic E-state index is -4.86. The molecule has 38 heavy (non-hydrogen) atoms. The van der Waals surface area contributed by atoms with Crippen LogP contribution in [0.15, 0.2) is 6.20 Å². The third-order valence-electron chi connectivity index (χ3n) is 6.68. The van der Waals surface area contributed by atoms with E-state index in [1.165, 1.54) is 24.7 Å². The predicted molar refractivity (Wildman–Crippen MR) is 134 cm³/mol. The number of nitrogens with zero attached hydrogens (tertiary/aromatic N) is 4. The number of aromatic nitrogens is 4. The lowest BCUT2D eigenvalue weighted by atomic mass is 10.1. The average molecular weight is 556 g/mol. The Labute approximate surface area is 219 Å². The fraction of sp³-hybridized carbons (Fsp3) is 0.696. The van der Waals surface area contributed by atoms with Gasteiger partial charge in [-0.1, -0.05) is 18.8 Å². The molecule has 1 saturated heterocycles. The minimum absolute atomic E-state index is 0.107. The lowest BCUT2D eigenvalue weighted by Crippen LogP contribution is -2.39. The summed E-state index contributed by atoms with van der Waals surface area (Å²) >= 11 is 0. The molecule has 4 rings (SSSR count). The van der Waals surface area contributed by atoms with Crippen LogP contribution in [0.3, 0.4) is 0 Å². The van der Waals surface area contributed by atoms with Crippen LogP contribution in [0, 0.1) is 11.8 Å². The van der Waals surface area contributed by atoms with Crippen molar-refractivity contribution in [2.24, 2.45) is 0 Å². The third-order valence-corrected chi connectivity index (χ3v) is 8.18. The van der Waals surface area contributed by atoms with Crippen LogP contribution in [-0.2, 0) is 14.0 Å². The van der Waals surface area contributed by atoms with Crippen LogP contribution in [0.25, 0.3) is 11.0 Å². The number of hydrogen-bond acceptors (Lipinski definition) is 11. The summed E-state index contributed by atoms with van der Waals surface area (Å²) in [6.45, 7) is 2.60. The number of aliphatic hydroxyl groups is 4. The molecule has 1 aliphatic heterocycles. The molecule has 0 amide bonds. The molecule has 15 heteroatoms. The molecule has 1 saturated carbocycles. The standard InChI is InChI=1S/C23H34N5O9P/c1-22(2,32)9-8-16-26-19(25-13-6-4-5-7-13)14-10-24-28(20(14)27-16)21-18(31)17(30)15(37-21)11-36-23(3,12-29)38(33,34)35/h10,13,15,17-18,21,29-32H,4-7,11-12H2,1-3H3,(H,25,26,27)(H2,33,34,35)/t15-,17-,18-,21-,23?/m1/s1. The Kier molecular flexibility index (Phi) is 8.17. The molecule has 7 N–H and O–H groups in total. The number of aliphatic hydroxyl groups excluding tert-OH is 3. The fourth-order valence-corrected chi connectivity index (χ4v) is 4.73. The first-order valence-corrected chi connectivity index (χ1v) is 13.9. The maximum Gasteiger partial charge on any atom is 0.359 e. The maximum absolute atomic E-state index is 11.7. The van der Waals surface area contributed by atoms with Crippen molar-refractivity contribution in [2.45, 2.75) is 88.0 Å². The molecule has 2 aliphatic rings. The first-order chi connectivity index (χ1) is 17.7. The molecule has 2 aromatic rings. The normalized spacial score (nSPS) is 26.3. The van der Waals surface area contributed by atoms with Crippen LogP contribution in [0.1, 0.15) is 58.5 Å². The summed E-state index contributed by atoms with van der Waals surface area (Å²) in [6, 6.07) is 0.207. The molecule has 0 spiro atoms. The number of ether oxygens (including phenoxy) is 2. The molecule has 5 atom stereocenters. The van der Waals surface area contributed by atoms with E-state index < -0.39 is 56.3 Å². The highest BCUT2D eigenvalue weighted by Gasteiger charge is 2.48. The number of nitrogens with one attached hydrogen (secondary N) is 1. The smallest absolute Gasteiger partial charge is 0.359 e. The molecule has 14 nitrogen and oxygen atoms in total. The molecule has 1 aliphatic carbocycles. The zero-order valence-electron chi connectivity index (χ0n) is 21.4. The van der Waals surface area contributed by atoms with E-state index in [4.69, 9.17) is 9.47 Å². The summed E-state index contributed by atoms with van der Waals surface area (Å²) in [7, 11) is -4.86. The van der Waals surface area contributed by atoms with E-state index in [-0.39, 0.29) is 17.5 Å². The van der Waals surface area contributed by atoms with Crippen molar-refractivity contribution in [3.63, 3.8) is 0 Å². The number of anilines is 1. The van der Waals surface area contributed by atoms with Gasteiger partial charge in [0.15, 0.2) is 17.2 Å². The number of rotatable bonds is 8. The second-order valence-electron chi connectivity index (χ2n) is 10.4. The van der Waals surface area contributed by atoms with Gasteiger partial charge in [-0.2, -0.15) is 5.10 Å². The van der Waals surface area contributed by atoms with Gasteiger partial charge in [0.2, 0.25) is 5.82 Å². The minimum Gasteiger partial charge on any atom is -0.393 e. The van der Waals surface area contributed by atoms with Crippen LogP contribution in [-0.4, -0.2) is 98.5 Å². The summed E-state index contributed by atoms with van der Waals surface area (Å²) in [5.41, 5.74) is -1.02. The van der Waals surface area contributed by atoms with Gasteiger partial charge in [-0.15, -0.1) is 0 Å². The predicted octanol–water partition coefficient (Wildman–Crippen LogP) is -0.175. The largest absolute Gasteiger partial charge is 0.393 e. The zero-order chi connectivity index (χ0) is 27.9. The number of hydrogen-bond donors (Lipinski definition) is 7. The SMILES string of the molecule is CC(C)(O)C#Cc1nc(NC2CCCC2)c2cnn([C@@H]3O[C@H](COC(C)(CO)P(=O)(O)O)[C@@H](O)[C@H]3O)c2n1. The summed E-state index contributed by atoms with van der Waals surface area (Å²) < 4.78 is 24.1. The topological polar surface area (TPSA) is 213 Å². The Morgan fingerprint density at radius 2 is 1.89 bits per heavy atom. The maximum atomic E-state index is 11.7. The van der Waals surface area contributed by atoms with E-state index in [0.29, 0.717) is 11.2 Å². The van der Waals surface area contributed by atoms with Gasteiger partial charge in [-0.25, -0.2) is 14.6 Å². The van der Waals surface area contributed by atoms with Crippen LogP contribution in [0.2, 0.25) is 0 Å². The van der Waals surface area contributed by atoms with Gasteiger partial charge in [0.25, 0.3) is 0 Å². The molecule has 2 fully saturated rings. The van der Waals surface area contributed by atoms with Gasteiger partial charge in [0.05, 0.1) is 24.8 Å². The van der Waals surface area contributed by atoms with Crippen molar-refractivity contribution in [3.8, 4) is 11.8 Å². The first kappa shape index (κ1) is 28.8. The highest BCUT2D eigenvalue weighted by atomic mass is 31.2. The van der Waals surface area contributed by atoms with Crippen molar-refractivity contribution in [1.29, 1.82) is 0 Å². The lowest BCUT2D eigenvalue weighted by Gasteiger charge is -2.29. The monoisotopic (exact) mass is 555 g/mol. The third kappa shape index (κ3) is 6.02. The van der Waals surface area contributed by atoms with Gasteiger partial charge in [0, 0.05) is 6.04 Å². The van der Waals surface area contributed by atoms with Crippen LogP contribution >= 0.6 is 7.60 Å². The molecule has 2 aromatic heterocycles. The summed E-state index contributed by atoms with van der Waals surface area (Å²) in [6.07, 6.45) is 0.237. The summed E-state index contributed by atoms with van der Waals surface area (Å²) in [4.78, 5) is 28.0. The van der Waals surface area contributed by atoms with E-state index in [0.717, 1.165) is 32.6 Å². The van der Waals surface area contributed by atoms with Gasteiger partial charge in [-0.05, 0) is 39.5 Å². The average Bonchev–Trinajstić information content (AvgIpc) is 3.56. The van der Waals surface area contributed by atoms with Gasteiger partial charge in [-0.3, -0.25) is 4.57 Å². The van der Waals surface area contributed by atoms with Crippen molar-refractivity contribution >= 4 is 24.4 Å². The quantitative estimate of drug-likeness (QED) is 0.167. The van der Waals surface area contributed by atoms with Crippen molar-refractivity contribution in [3.05, 3.63) is 12.0 Å². The highest BCUT2D eigenvalue weighted by molar-refractivity contribution is 7.53. The molecule has 3 heterocycles. The molecule has 0 radical (unpaired) electrons. The molecular weight excluding hydrogens is 521 g/mol.